The van der Waals surface area contributed by atoms with E-state index in [9.17, 15) is 14.4 Å². The number of carbonyl (C=O) groups excluding carboxylic acids is 3. The lowest BCUT2D eigenvalue weighted by Gasteiger charge is -2.03. The molecule has 0 atom stereocenters. The van der Waals surface area contributed by atoms with Gasteiger partial charge in [-0.3, -0.25) is 14.4 Å². The standard InChI is InChI=1S/C19H18N2O3/c1-13(22)20-17-9-6-15(7-10-17)8-11-19(24)16-4-3-5-18(12-16)21-14(2)23/h3-12H,1-2H3,(H,20,22)(H,21,23)/b11-8+. The van der Waals surface area contributed by atoms with Gasteiger partial charge in [-0.15, -0.1) is 0 Å². The topological polar surface area (TPSA) is 75.3 Å². The summed E-state index contributed by atoms with van der Waals surface area (Å²) in [6.45, 7) is 2.86. The van der Waals surface area contributed by atoms with Gasteiger partial charge in [-0.05, 0) is 35.9 Å². The van der Waals surface area contributed by atoms with Crippen LogP contribution in [0.1, 0.15) is 29.8 Å². The summed E-state index contributed by atoms with van der Waals surface area (Å²) in [5.74, 6) is -0.477. The minimum atomic E-state index is -0.186. The lowest BCUT2D eigenvalue weighted by atomic mass is 10.1. The zero-order valence-electron chi connectivity index (χ0n) is 13.5. The molecule has 0 fully saturated rings. The summed E-state index contributed by atoms with van der Waals surface area (Å²) in [4.78, 5) is 34.2. The number of hydrogen-bond donors (Lipinski definition) is 2. The van der Waals surface area contributed by atoms with E-state index in [-0.39, 0.29) is 17.6 Å². The third kappa shape index (κ3) is 5.21. The molecule has 0 bridgehead atoms. The summed E-state index contributed by atoms with van der Waals surface area (Å²) in [5.41, 5.74) is 2.62. The molecule has 2 rings (SSSR count). The lowest BCUT2D eigenvalue weighted by molar-refractivity contribution is -0.115. The van der Waals surface area contributed by atoms with E-state index in [1.54, 1.807) is 42.5 Å². The van der Waals surface area contributed by atoms with Crippen molar-refractivity contribution in [1.29, 1.82) is 0 Å². The average Bonchev–Trinajstić information content (AvgIpc) is 2.53. The maximum Gasteiger partial charge on any atom is 0.221 e. The van der Waals surface area contributed by atoms with Crippen LogP contribution in [0.2, 0.25) is 0 Å². The zero-order valence-corrected chi connectivity index (χ0v) is 13.5. The Hall–Kier alpha value is -3.21. The highest BCUT2D eigenvalue weighted by atomic mass is 16.2. The van der Waals surface area contributed by atoms with Crippen molar-refractivity contribution < 1.29 is 14.4 Å². The van der Waals surface area contributed by atoms with E-state index in [2.05, 4.69) is 10.6 Å². The Balaban J connectivity index is 2.07. The molecular formula is C19H18N2O3. The van der Waals surface area contributed by atoms with Gasteiger partial charge in [0.05, 0.1) is 0 Å². The van der Waals surface area contributed by atoms with E-state index >= 15 is 0 Å². The fourth-order valence-corrected chi connectivity index (χ4v) is 2.10. The first-order valence-electron chi connectivity index (χ1n) is 7.42. The monoisotopic (exact) mass is 322 g/mol. The number of allylic oxidation sites excluding steroid dienone is 1. The van der Waals surface area contributed by atoms with Gasteiger partial charge in [-0.2, -0.15) is 0 Å². The molecule has 0 aliphatic carbocycles. The summed E-state index contributed by atoms with van der Waals surface area (Å²) >= 11 is 0. The van der Waals surface area contributed by atoms with E-state index in [0.717, 1.165) is 5.56 Å². The van der Waals surface area contributed by atoms with Crippen LogP contribution in [0.5, 0.6) is 0 Å². The summed E-state index contributed by atoms with van der Waals surface area (Å²) in [6.07, 6.45) is 3.17. The highest BCUT2D eigenvalue weighted by Crippen LogP contribution is 2.14. The number of amides is 2. The molecule has 2 aromatic carbocycles. The van der Waals surface area contributed by atoms with Gasteiger partial charge in [0, 0.05) is 30.8 Å². The molecule has 0 saturated heterocycles. The van der Waals surface area contributed by atoms with Gasteiger partial charge in [0.15, 0.2) is 5.78 Å². The van der Waals surface area contributed by atoms with Gasteiger partial charge in [0.25, 0.3) is 0 Å². The molecule has 2 N–H and O–H groups in total. The second kappa shape index (κ2) is 7.87. The van der Waals surface area contributed by atoms with Crippen LogP contribution in [-0.4, -0.2) is 17.6 Å². The van der Waals surface area contributed by atoms with Crippen molar-refractivity contribution in [2.24, 2.45) is 0 Å². The highest BCUT2D eigenvalue weighted by Gasteiger charge is 2.04. The predicted molar refractivity (Wildman–Crippen MR) is 94.9 cm³/mol. The molecule has 0 aliphatic heterocycles. The largest absolute Gasteiger partial charge is 0.326 e. The van der Waals surface area contributed by atoms with Crippen LogP contribution in [-0.2, 0) is 9.59 Å². The van der Waals surface area contributed by atoms with Crippen molar-refractivity contribution in [2.75, 3.05) is 10.6 Å². The van der Waals surface area contributed by atoms with Crippen molar-refractivity contribution in [3.8, 4) is 0 Å². The molecule has 2 aromatic rings. The van der Waals surface area contributed by atoms with E-state index in [1.165, 1.54) is 19.9 Å². The molecule has 2 amide bonds. The second-order valence-electron chi connectivity index (χ2n) is 5.26. The van der Waals surface area contributed by atoms with Crippen LogP contribution in [0, 0.1) is 0 Å². The van der Waals surface area contributed by atoms with Crippen LogP contribution >= 0.6 is 0 Å². The minimum absolute atomic E-state index is 0.132. The maximum absolute atomic E-state index is 12.2. The second-order valence-corrected chi connectivity index (χ2v) is 5.26. The first kappa shape index (κ1) is 17.1. The van der Waals surface area contributed by atoms with Crippen molar-refractivity contribution in [3.63, 3.8) is 0 Å². The van der Waals surface area contributed by atoms with Crippen LogP contribution in [0.25, 0.3) is 6.08 Å². The fraction of sp³-hybridized carbons (Fsp3) is 0.105. The van der Waals surface area contributed by atoms with Crippen molar-refractivity contribution in [1.82, 2.24) is 0 Å². The molecular weight excluding hydrogens is 304 g/mol. The van der Waals surface area contributed by atoms with Crippen molar-refractivity contribution >= 4 is 35.0 Å². The fourth-order valence-electron chi connectivity index (χ4n) is 2.10. The summed E-state index contributed by atoms with van der Waals surface area (Å²) in [5, 5.41) is 5.33. The van der Waals surface area contributed by atoms with Crippen molar-refractivity contribution in [3.05, 3.63) is 65.7 Å². The molecule has 0 aliphatic rings. The maximum atomic E-state index is 12.2. The Labute approximate surface area is 140 Å². The van der Waals surface area contributed by atoms with Crippen LogP contribution in [0.4, 0.5) is 11.4 Å². The molecule has 0 saturated carbocycles. The molecule has 5 nitrogen and oxygen atoms in total. The first-order chi connectivity index (χ1) is 11.4. The summed E-state index contributed by atoms with van der Waals surface area (Å²) in [7, 11) is 0. The normalized spacial score (nSPS) is 10.4. The molecule has 0 aromatic heterocycles. The molecule has 5 heteroatoms. The molecule has 0 radical (unpaired) electrons. The van der Waals surface area contributed by atoms with E-state index in [0.29, 0.717) is 16.9 Å². The number of nitrogens with one attached hydrogen (secondary N) is 2. The average molecular weight is 322 g/mol. The first-order valence-corrected chi connectivity index (χ1v) is 7.42. The number of ketones is 1. The Morgan fingerprint density at radius 1 is 0.833 bits per heavy atom. The number of hydrogen-bond acceptors (Lipinski definition) is 3. The molecule has 24 heavy (non-hydrogen) atoms. The Kier molecular flexibility index (Phi) is 5.63. The van der Waals surface area contributed by atoms with Gasteiger partial charge in [-0.25, -0.2) is 0 Å². The lowest BCUT2D eigenvalue weighted by Crippen LogP contribution is -2.06. The number of anilines is 2. The number of carbonyl (C=O) groups is 3. The SMILES string of the molecule is CC(=O)Nc1ccc(/C=C/C(=O)c2cccc(NC(C)=O)c2)cc1. The number of benzene rings is 2. The Morgan fingerprint density at radius 2 is 1.46 bits per heavy atom. The van der Waals surface area contributed by atoms with Gasteiger partial charge < -0.3 is 10.6 Å². The summed E-state index contributed by atoms with van der Waals surface area (Å²) in [6, 6.07) is 13.9. The van der Waals surface area contributed by atoms with E-state index in [1.807, 2.05) is 12.1 Å². The Bertz CT molecular complexity index is 793. The minimum Gasteiger partial charge on any atom is -0.326 e. The molecule has 0 spiro atoms. The van der Waals surface area contributed by atoms with Crippen LogP contribution in [0.15, 0.2) is 54.6 Å². The zero-order chi connectivity index (χ0) is 17.5. The molecule has 122 valence electrons. The van der Waals surface area contributed by atoms with Crippen LogP contribution in [0.3, 0.4) is 0 Å². The van der Waals surface area contributed by atoms with E-state index < -0.39 is 0 Å². The smallest absolute Gasteiger partial charge is 0.221 e. The van der Waals surface area contributed by atoms with E-state index in [4.69, 9.17) is 0 Å². The van der Waals surface area contributed by atoms with Gasteiger partial charge in [-0.1, -0.05) is 30.3 Å². The highest BCUT2D eigenvalue weighted by molar-refractivity contribution is 6.07. The third-order valence-corrected chi connectivity index (χ3v) is 3.13. The molecule has 0 unspecified atom stereocenters. The Morgan fingerprint density at radius 3 is 2.08 bits per heavy atom. The number of rotatable bonds is 5. The summed E-state index contributed by atoms with van der Waals surface area (Å²) < 4.78 is 0. The third-order valence-electron chi connectivity index (χ3n) is 3.13. The van der Waals surface area contributed by atoms with Gasteiger partial charge in [0.2, 0.25) is 11.8 Å². The van der Waals surface area contributed by atoms with Crippen LogP contribution < -0.4 is 10.6 Å². The quantitative estimate of drug-likeness (QED) is 0.653. The van der Waals surface area contributed by atoms with Gasteiger partial charge in [0.1, 0.15) is 0 Å². The predicted octanol–water partition coefficient (Wildman–Crippen LogP) is 3.50. The van der Waals surface area contributed by atoms with Gasteiger partial charge >= 0.3 is 0 Å². The van der Waals surface area contributed by atoms with Crippen molar-refractivity contribution in [2.45, 2.75) is 13.8 Å². The molecule has 0 heterocycles.